The number of phenols is 1. The molecule has 186 valence electrons. The normalized spacial score (nSPS) is 16.9. The Morgan fingerprint density at radius 3 is 2.35 bits per heavy atom. The number of hydrogen-bond donors (Lipinski definition) is 2. The summed E-state index contributed by atoms with van der Waals surface area (Å²) in [6.07, 6.45) is 0. The number of aromatic nitrogens is 2. The second-order valence-corrected chi connectivity index (χ2v) is 11.1. The molecule has 3 aromatic carbocycles. The lowest BCUT2D eigenvalue weighted by molar-refractivity contribution is -0.132. The van der Waals surface area contributed by atoms with Gasteiger partial charge in [0.15, 0.2) is 4.34 Å². The predicted molar refractivity (Wildman–Crippen MR) is 143 cm³/mol. The van der Waals surface area contributed by atoms with Crippen LogP contribution in [-0.4, -0.2) is 32.1 Å². The van der Waals surface area contributed by atoms with Crippen molar-refractivity contribution < 1.29 is 24.2 Å². The Morgan fingerprint density at radius 2 is 1.68 bits per heavy atom. The van der Waals surface area contributed by atoms with Crippen molar-refractivity contribution in [3.05, 3.63) is 105 Å². The number of benzene rings is 3. The lowest BCUT2D eigenvalue weighted by atomic mass is 9.95. The number of carbonyl (C=O) groups excluding carboxylic acids is 2. The maximum Gasteiger partial charge on any atom is 0.301 e. The first-order valence-corrected chi connectivity index (χ1v) is 13.5. The van der Waals surface area contributed by atoms with Gasteiger partial charge < -0.3 is 10.2 Å². The van der Waals surface area contributed by atoms with Gasteiger partial charge in [-0.15, -0.1) is 10.2 Å². The number of aliphatic hydroxyl groups is 1. The van der Waals surface area contributed by atoms with E-state index in [-0.39, 0.29) is 28.0 Å². The van der Waals surface area contributed by atoms with E-state index in [2.05, 4.69) is 26.1 Å². The molecule has 1 aromatic heterocycles. The van der Waals surface area contributed by atoms with Gasteiger partial charge in [-0.05, 0) is 47.5 Å². The third-order valence-electron chi connectivity index (χ3n) is 5.65. The molecule has 4 aromatic rings. The van der Waals surface area contributed by atoms with Crippen LogP contribution in [0.5, 0.6) is 5.75 Å². The Hall–Kier alpha value is -3.54. The molecule has 2 N–H and O–H groups in total. The molecular weight excluding hydrogens is 581 g/mol. The van der Waals surface area contributed by atoms with Crippen molar-refractivity contribution in [2.24, 2.45) is 0 Å². The number of anilines is 1. The SMILES string of the molecule is O=C1C(=O)N(c2nnc(SCc3ccc(F)cc3)s2)C(c2ccc(O)cc2)/C1=C(/O)c1ccc(Br)cc1. The minimum atomic E-state index is -0.979. The summed E-state index contributed by atoms with van der Waals surface area (Å²) in [7, 11) is 0. The number of carbonyl (C=O) groups is 2. The van der Waals surface area contributed by atoms with Gasteiger partial charge in [0.1, 0.15) is 17.3 Å². The number of halogens is 2. The smallest absolute Gasteiger partial charge is 0.301 e. The number of aliphatic hydroxyl groups excluding tert-OH is 1. The van der Waals surface area contributed by atoms with Crippen LogP contribution < -0.4 is 4.90 Å². The molecular formula is C26H17BrFN3O4S2. The summed E-state index contributed by atoms with van der Waals surface area (Å²) < 4.78 is 14.5. The summed E-state index contributed by atoms with van der Waals surface area (Å²) in [6, 6.07) is 17.9. The fourth-order valence-corrected chi connectivity index (χ4v) is 5.94. The van der Waals surface area contributed by atoms with E-state index >= 15 is 0 Å². The number of thioether (sulfide) groups is 1. The molecule has 7 nitrogen and oxygen atoms in total. The van der Waals surface area contributed by atoms with Gasteiger partial charge in [-0.3, -0.25) is 14.5 Å². The topological polar surface area (TPSA) is 104 Å². The van der Waals surface area contributed by atoms with Crippen molar-refractivity contribution in [2.45, 2.75) is 16.1 Å². The van der Waals surface area contributed by atoms with Crippen molar-refractivity contribution in [1.82, 2.24) is 10.2 Å². The molecule has 1 unspecified atom stereocenters. The minimum absolute atomic E-state index is 0.0176. The Kier molecular flexibility index (Phi) is 7.09. The number of rotatable bonds is 6. The van der Waals surface area contributed by atoms with Gasteiger partial charge >= 0.3 is 5.91 Å². The molecule has 37 heavy (non-hydrogen) atoms. The summed E-state index contributed by atoms with van der Waals surface area (Å²) in [6.45, 7) is 0. The molecule has 0 radical (unpaired) electrons. The van der Waals surface area contributed by atoms with E-state index in [1.807, 2.05) is 0 Å². The number of amides is 1. The van der Waals surface area contributed by atoms with Crippen LogP contribution >= 0.6 is 39.0 Å². The Morgan fingerprint density at radius 1 is 1.00 bits per heavy atom. The molecule has 1 atom stereocenters. The number of ketones is 1. The molecule has 0 bridgehead atoms. The molecule has 1 amide bonds. The van der Waals surface area contributed by atoms with Crippen LogP contribution in [0, 0.1) is 5.82 Å². The van der Waals surface area contributed by atoms with Crippen LogP contribution in [0.15, 0.2) is 87.2 Å². The second kappa shape index (κ2) is 10.4. The summed E-state index contributed by atoms with van der Waals surface area (Å²) in [5.74, 6) is -1.80. The highest BCUT2D eigenvalue weighted by Crippen LogP contribution is 2.44. The number of hydrogen-bond acceptors (Lipinski definition) is 8. The molecule has 5 rings (SSSR count). The van der Waals surface area contributed by atoms with Gasteiger partial charge in [-0.25, -0.2) is 4.39 Å². The molecule has 1 saturated heterocycles. The molecule has 0 aliphatic carbocycles. The van der Waals surface area contributed by atoms with Gasteiger partial charge in [-0.1, -0.05) is 75.4 Å². The second-order valence-electron chi connectivity index (χ2n) is 8.03. The first-order valence-electron chi connectivity index (χ1n) is 10.9. The largest absolute Gasteiger partial charge is 0.508 e. The summed E-state index contributed by atoms with van der Waals surface area (Å²) in [4.78, 5) is 27.7. The Bertz CT molecular complexity index is 1510. The quantitative estimate of drug-likeness (QED) is 0.0914. The molecule has 11 heteroatoms. The highest BCUT2D eigenvalue weighted by molar-refractivity contribution is 9.10. The van der Waals surface area contributed by atoms with Crippen LogP contribution in [0.25, 0.3) is 5.76 Å². The van der Waals surface area contributed by atoms with Crippen molar-refractivity contribution >= 4 is 61.6 Å². The molecule has 2 heterocycles. The predicted octanol–water partition coefficient (Wildman–Crippen LogP) is 6.06. The number of nitrogens with zero attached hydrogens (tertiary/aromatic N) is 3. The van der Waals surface area contributed by atoms with E-state index in [9.17, 15) is 24.2 Å². The van der Waals surface area contributed by atoms with Gasteiger partial charge in [0.2, 0.25) is 5.13 Å². The zero-order valence-corrected chi connectivity index (χ0v) is 22.1. The van der Waals surface area contributed by atoms with E-state index in [4.69, 9.17) is 0 Å². The van der Waals surface area contributed by atoms with Crippen molar-refractivity contribution in [3.63, 3.8) is 0 Å². The molecule has 1 aliphatic rings. The van der Waals surface area contributed by atoms with Gasteiger partial charge in [-0.2, -0.15) is 0 Å². The molecule has 1 aliphatic heterocycles. The van der Waals surface area contributed by atoms with E-state index in [1.165, 1.54) is 40.9 Å². The summed E-state index contributed by atoms with van der Waals surface area (Å²) in [5.41, 5.74) is 1.68. The summed E-state index contributed by atoms with van der Waals surface area (Å²) >= 11 is 5.84. The molecule has 0 spiro atoms. The molecule has 1 fully saturated rings. The monoisotopic (exact) mass is 597 g/mol. The third kappa shape index (κ3) is 5.15. The van der Waals surface area contributed by atoms with Crippen LogP contribution in [0.4, 0.5) is 9.52 Å². The maximum absolute atomic E-state index is 13.2. The summed E-state index contributed by atoms with van der Waals surface area (Å²) in [5, 5.41) is 29.4. The van der Waals surface area contributed by atoms with Gasteiger partial charge in [0.05, 0.1) is 11.6 Å². The third-order valence-corrected chi connectivity index (χ3v) is 8.30. The zero-order chi connectivity index (χ0) is 26.1. The van der Waals surface area contributed by atoms with Gasteiger partial charge in [0.25, 0.3) is 5.78 Å². The van der Waals surface area contributed by atoms with E-state index in [0.29, 0.717) is 21.2 Å². The van der Waals surface area contributed by atoms with Crippen molar-refractivity contribution in [2.75, 3.05) is 4.90 Å². The highest BCUT2D eigenvalue weighted by Gasteiger charge is 2.48. The van der Waals surface area contributed by atoms with E-state index < -0.39 is 17.7 Å². The van der Waals surface area contributed by atoms with Crippen LogP contribution in [0.1, 0.15) is 22.7 Å². The van der Waals surface area contributed by atoms with Gasteiger partial charge in [0, 0.05) is 15.8 Å². The zero-order valence-electron chi connectivity index (χ0n) is 18.8. The fourth-order valence-electron chi connectivity index (χ4n) is 3.85. The lowest BCUT2D eigenvalue weighted by Gasteiger charge is -2.22. The van der Waals surface area contributed by atoms with E-state index in [1.54, 1.807) is 48.5 Å². The number of aromatic hydroxyl groups is 1. The van der Waals surface area contributed by atoms with Crippen molar-refractivity contribution in [1.29, 1.82) is 0 Å². The number of phenolic OH excluding ortho intramolecular Hbond substituents is 1. The lowest BCUT2D eigenvalue weighted by Crippen LogP contribution is -2.29. The highest BCUT2D eigenvalue weighted by atomic mass is 79.9. The fraction of sp³-hybridized carbons (Fsp3) is 0.0769. The van der Waals surface area contributed by atoms with Crippen LogP contribution in [0.3, 0.4) is 0 Å². The first-order chi connectivity index (χ1) is 17.8. The first kappa shape index (κ1) is 25.1. The van der Waals surface area contributed by atoms with E-state index in [0.717, 1.165) is 21.4 Å². The Labute approximate surface area is 227 Å². The standard InChI is InChI=1S/C26H17BrFN3O4S2/c27-17-7-3-16(4-8-17)22(33)20-21(15-5-11-19(32)12-6-15)31(24(35)23(20)34)25-29-30-26(37-25)36-13-14-1-9-18(28)10-2-14/h1-12,21,32-33H,13H2/b22-20-. The average molecular weight is 598 g/mol. The van der Waals surface area contributed by atoms with Crippen molar-refractivity contribution in [3.8, 4) is 5.75 Å². The average Bonchev–Trinajstić information content (AvgIpc) is 3.46. The van der Waals surface area contributed by atoms with Crippen LogP contribution in [-0.2, 0) is 15.3 Å². The minimum Gasteiger partial charge on any atom is -0.508 e. The Balaban J connectivity index is 1.53. The van der Waals surface area contributed by atoms with Crippen LogP contribution in [0.2, 0.25) is 0 Å². The molecule has 0 saturated carbocycles. The maximum atomic E-state index is 13.2. The number of Topliss-reactive ketones (excluding diaryl/α,β-unsaturated/α-hetero) is 1.